The van der Waals surface area contributed by atoms with Crippen molar-refractivity contribution in [3.63, 3.8) is 0 Å². The fraction of sp³-hybridized carbons (Fsp3) is 0.417. The second-order valence-corrected chi connectivity index (χ2v) is 4.49. The van der Waals surface area contributed by atoms with Crippen molar-refractivity contribution in [3.8, 4) is 0 Å². The van der Waals surface area contributed by atoms with Crippen LogP contribution in [0, 0.1) is 5.82 Å². The lowest BCUT2D eigenvalue weighted by Gasteiger charge is -2.10. The van der Waals surface area contributed by atoms with Gasteiger partial charge in [-0.3, -0.25) is 4.79 Å². The number of hydrogen-bond acceptors (Lipinski definition) is 3. The van der Waals surface area contributed by atoms with Crippen LogP contribution in [0.3, 0.4) is 0 Å². The Labute approximate surface area is 115 Å². The van der Waals surface area contributed by atoms with Crippen LogP contribution in [0.2, 0.25) is 10.0 Å². The topological polar surface area (TPSA) is 38.3 Å². The minimum Gasteiger partial charge on any atom is -0.464 e. The van der Waals surface area contributed by atoms with Crippen molar-refractivity contribution in [1.82, 2.24) is 0 Å². The molecule has 0 amide bonds. The normalized spacial score (nSPS) is 10.2. The molecule has 0 saturated heterocycles. The lowest BCUT2D eigenvalue weighted by molar-refractivity contribution is -0.141. The van der Waals surface area contributed by atoms with E-state index in [4.69, 9.17) is 27.9 Å². The number of anilines is 1. The number of rotatable bonds is 6. The number of nitrogens with one attached hydrogen (secondary N) is 1. The largest absolute Gasteiger partial charge is 0.464 e. The molecule has 0 aromatic heterocycles. The summed E-state index contributed by atoms with van der Waals surface area (Å²) in [6, 6.07) is 2.25. The highest BCUT2D eigenvalue weighted by Gasteiger charge is 2.10. The summed E-state index contributed by atoms with van der Waals surface area (Å²) in [6.07, 6.45) is 1.78. The summed E-state index contributed by atoms with van der Waals surface area (Å²) in [5.41, 5.74) is 0.326. The second kappa shape index (κ2) is 7.44. The number of ether oxygens (including phenoxy) is 1. The Balaban J connectivity index is 2.51. The van der Waals surface area contributed by atoms with E-state index >= 15 is 0 Å². The first-order chi connectivity index (χ1) is 8.54. The summed E-state index contributed by atoms with van der Waals surface area (Å²) >= 11 is 11.6. The van der Waals surface area contributed by atoms with E-state index in [1.807, 2.05) is 6.92 Å². The highest BCUT2D eigenvalue weighted by atomic mass is 35.5. The Morgan fingerprint density at radius 2 is 2.00 bits per heavy atom. The van der Waals surface area contributed by atoms with Crippen LogP contribution in [0.25, 0.3) is 0 Å². The SMILES string of the molecule is CCCCOC(=O)CNc1c(Cl)cc(F)cc1Cl. The van der Waals surface area contributed by atoms with E-state index < -0.39 is 11.8 Å². The molecule has 0 radical (unpaired) electrons. The van der Waals surface area contributed by atoms with Gasteiger partial charge in [0.15, 0.2) is 0 Å². The number of carbonyl (C=O) groups excluding carboxylic acids is 1. The average molecular weight is 294 g/mol. The zero-order chi connectivity index (χ0) is 13.5. The van der Waals surface area contributed by atoms with E-state index in [-0.39, 0.29) is 16.6 Å². The molecule has 1 aromatic carbocycles. The van der Waals surface area contributed by atoms with Gasteiger partial charge in [0.05, 0.1) is 22.3 Å². The molecule has 0 fully saturated rings. The third-order valence-corrected chi connectivity index (χ3v) is 2.77. The summed E-state index contributed by atoms with van der Waals surface area (Å²) in [5, 5.41) is 2.98. The van der Waals surface area contributed by atoms with Crippen LogP contribution in [0.15, 0.2) is 12.1 Å². The summed E-state index contributed by atoms with van der Waals surface area (Å²) in [4.78, 5) is 11.3. The summed E-state index contributed by atoms with van der Waals surface area (Å²) < 4.78 is 17.9. The third-order valence-electron chi connectivity index (χ3n) is 2.18. The van der Waals surface area contributed by atoms with Crippen molar-refractivity contribution < 1.29 is 13.9 Å². The predicted octanol–water partition coefficient (Wildman–Crippen LogP) is 3.89. The van der Waals surface area contributed by atoms with E-state index in [0.29, 0.717) is 12.3 Å². The van der Waals surface area contributed by atoms with Gasteiger partial charge < -0.3 is 10.1 Å². The predicted molar refractivity (Wildman–Crippen MR) is 70.8 cm³/mol. The van der Waals surface area contributed by atoms with Crippen molar-refractivity contribution in [2.75, 3.05) is 18.5 Å². The van der Waals surface area contributed by atoms with Gasteiger partial charge in [-0.05, 0) is 18.6 Å². The fourth-order valence-corrected chi connectivity index (χ4v) is 1.85. The Morgan fingerprint density at radius 1 is 1.39 bits per heavy atom. The van der Waals surface area contributed by atoms with Gasteiger partial charge in [-0.15, -0.1) is 0 Å². The molecule has 0 saturated carbocycles. The minimum absolute atomic E-state index is 0.0607. The highest BCUT2D eigenvalue weighted by molar-refractivity contribution is 6.39. The van der Waals surface area contributed by atoms with E-state index in [0.717, 1.165) is 25.0 Å². The first-order valence-electron chi connectivity index (χ1n) is 5.58. The molecule has 0 atom stereocenters. The smallest absolute Gasteiger partial charge is 0.325 e. The van der Waals surface area contributed by atoms with Crippen LogP contribution in [-0.4, -0.2) is 19.1 Å². The highest BCUT2D eigenvalue weighted by Crippen LogP contribution is 2.31. The van der Waals surface area contributed by atoms with E-state index in [2.05, 4.69) is 5.32 Å². The zero-order valence-electron chi connectivity index (χ0n) is 9.93. The minimum atomic E-state index is -0.527. The number of carbonyl (C=O) groups is 1. The van der Waals surface area contributed by atoms with Crippen molar-refractivity contribution in [2.24, 2.45) is 0 Å². The first-order valence-corrected chi connectivity index (χ1v) is 6.34. The van der Waals surface area contributed by atoms with Crippen LogP contribution in [-0.2, 0) is 9.53 Å². The molecule has 0 aliphatic rings. The lowest BCUT2D eigenvalue weighted by Crippen LogP contribution is -2.17. The molecule has 3 nitrogen and oxygen atoms in total. The first kappa shape index (κ1) is 15.1. The molecule has 0 unspecified atom stereocenters. The monoisotopic (exact) mass is 293 g/mol. The maximum Gasteiger partial charge on any atom is 0.325 e. The molecule has 1 N–H and O–H groups in total. The molecule has 0 aliphatic carbocycles. The Hall–Kier alpha value is -1.00. The molecule has 0 spiro atoms. The lowest BCUT2D eigenvalue weighted by atomic mass is 10.3. The van der Waals surface area contributed by atoms with Crippen molar-refractivity contribution in [2.45, 2.75) is 19.8 Å². The van der Waals surface area contributed by atoms with Gasteiger partial charge in [0, 0.05) is 0 Å². The molecular formula is C12H14Cl2FNO2. The molecule has 0 bridgehead atoms. The average Bonchev–Trinajstić information content (AvgIpc) is 2.27. The van der Waals surface area contributed by atoms with Gasteiger partial charge in [-0.1, -0.05) is 36.5 Å². The van der Waals surface area contributed by atoms with Gasteiger partial charge in [-0.25, -0.2) is 4.39 Å². The van der Waals surface area contributed by atoms with Crippen molar-refractivity contribution in [3.05, 3.63) is 28.0 Å². The second-order valence-electron chi connectivity index (χ2n) is 3.67. The molecule has 18 heavy (non-hydrogen) atoms. The van der Waals surface area contributed by atoms with Crippen LogP contribution in [0.4, 0.5) is 10.1 Å². The summed E-state index contributed by atoms with van der Waals surface area (Å²) in [7, 11) is 0. The molecule has 100 valence electrons. The van der Waals surface area contributed by atoms with Gasteiger partial charge in [-0.2, -0.15) is 0 Å². The Kier molecular flexibility index (Phi) is 6.22. The number of unbranched alkanes of at least 4 members (excludes halogenated alkanes) is 1. The van der Waals surface area contributed by atoms with Crippen molar-refractivity contribution in [1.29, 1.82) is 0 Å². The quantitative estimate of drug-likeness (QED) is 0.639. The van der Waals surface area contributed by atoms with Gasteiger partial charge in [0.1, 0.15) is 12.4 Å². The molecule has 6 heteroatoms. The molecular weight excluding hydrogens is 280 g/mol. The van der Waals surface area contributed by atoms with E-state index in [9.17, 15) is 9.18 Å². The standard InChI is InChI=1S/C12H14Cl2FNO2/c1-2-3-4-18-11(17)7-16-12-9(13)5-8(15)6-10(12)14/h5-6,16H,2-4,7H2,1H3. The maximum atomic E-state index is 12.9. The van der Waals surface area contributed by atoms with Crippen LogP contribution in [0.5, 0.6) is 0 Å². The van der Waals surface area contributed by atoms with Crippen LogP contribution in [0.1, 0.15) is 19.8 Å². The number of hydrogen-bond donors (Lipinski definition) is 1. The Morgan fingerprint density at radius 3 is 2.56 bits per heavy atom. The van der Waals surface area contributed by atoms with Gasteiger partial charge in [0.25, 0.3) is 0 Å². The van der Waals surface area contributed by atoms with Crippen LogP contribution < -0.4 is 5.32 Å². The Bertz CT molecular complexity index is 404. The summed E-state index contributed by atoms with van der Waals surface area (Å²) in [6.45, 7) is 2.33. The zero-order valence-corrected chi connectivity index (χ0v) is 11.4. The van der Waals surface area contributed by atoms with Gasteiger partial charge >= 0.3 is 5.97 Å². The maximum absolute atomic E-state index is 12.9. The van der Waals surface area contributed by atoms with Crippen LogP contribution >= 0.6 is 23.2 Å². The van der Waals surface area contributed by atoms with Crippen molar-refractivity contribution >= 4 is 34.9 Å². The van der Waals surface area contributed by atoms with E-state index in [1.54, 1.807) is 0 Å². The molecule has 0 aliphatic heterocycles. The molecule has 1 aromatic rings. The molecule has 0 heterocycles. The van der Waals surface area contributed by atoms with E-state index in [1.165, 1.54) is 0 Å². The number of esters is 1. The fourth-order valence-electron chi connectivity index (χ4n) is 1.25. The number of benzene rings is 1. The summed E-state index contributed by atoms with van der Waals surface area (Å²) in [5.74, 6) is -0.930. The third kappa shape index (κ3) is 4.70. The van der Waals surface area contributed by atoms with Gasteiger partial charge in [0.2, 0.25) is 0 Å². The molecule has 1 rings (SSSR count). The number of halogens is 3.